The van der Waals surface area contributed by atoms with E-state index >= 15 is 0 Å². The van der Waals surface area contributed by atoms with E-state index in [0.717, 1.165) is 11.4 Å². The van der Waals surface area contributed by atoms with Crippen LogP contribution in [0.5, 0.6) is 0 Å². The van der Waals surface area contributed by atoms with Crippen molar-refractivity contribution in [3.05, 3.63) is 0 Å². The molecule has 0 fully saturated rings. The monoisotopic (exact) mass is 259 g/mol. The third-order valence-electron chi connectivity index (χ3n) is 1.28. The quantitative estimate of drug-likeness (QED) is 0.707. The summed E-state index contributed by atoms with van der Waals surface area (Å²) < 4.78 is 18.5. The molecule has 2 unspecified atom stereocenters. The highest BCUT2D eigenvalue weighted by Crippen LogP contribution is 2.58. The average Bonchev–Trinajstić information content (AvgIpc) is 2.01. The van der Waals surface area contributed by atoms with Gasteiger partial charge >= 0.3 is 0 Å². The summed E-state index contributed by atoms with van der Waals surface area (Å²) in [6.07, 6.45) is 0. The second-order valence-electron chi connectivity index (χ2n) is 2.84. The molecule has 0 heterocycles. The van der Waals surface area contributed by atoms with Gasteiger partial charge in [0.25, 0.3) is 5.91 Å². The number of carbonyl (C=O) groups excluding carboxylic acids is 1. The maximum atomic E-state index is 13.3. The molecule has 0 bridgehead atoms. The van der Waals surface area contributed by atoms with Crippen molar-refractivity contribution in [3.63, 3.8) is 0 Å². The summed E-state index contributed by atoms with van der Waals surface area (Å²) in [5, 5.41) is 0. The Labute approximate surface area is 93.2 Å². The molecule has 84 valence electrons. The SMILES string of the molecule is CCOP(C)(=S)SC(F)C(=O)N(C)C. The topological polar surface area (TPSA) is 29.5 Å². The summed E-state index contributed by atoms with van der Waals surface area (Å²) >= 11 is 5.87. The van der Waals surface area contributed by atoms with Crippen molar-refractivity contribution in [2.75, 3.05) is 27.4 Å². The Balaban J connectivity index is 4.24. The molecular formula is C7H15FNO2PS2. The molecule has 0 saturated carbocycles. The van der Waals surface area contributed by atoms with Crippen LogP contribution in [0.3, 0.4) is 0 Å². The summed E-state index contributed by atoms with van der Waals surface area (Å²) in [5.41, 5.74) is -3.83. The van der Waals surface area contributed by atoms with Gasteiger partial charge in [0, 0.05) is 20.7 Å². The molecule has 0 aromatic rings. The molecule has 0 aliphatic rings. The van der Waals surface area contributed by atoms with Gasteiger partial charge in [-0.05, 0) is 13.6 Å². The molecule has 7 heteroatoms. The lowest BCUT2D eigenvalue weighted by Crippen LogP contribution is -2.28. The number of amides is 1. The summed E-state index contributed by atoms with van der Waals surface area (Å²) in [6, 6.07) is 0. The molecule has 2 atom stereocenters. The molecule has 0 saturated heterocycles. The second kappa shape index (κ2) is 6.05. The lowest BCUT2D eigenvalue weighted by atomic mass is 10.6. The Morgan fingerprint density at radius 1 is 1.71 bits per heavy atom. The minimum absolute atomic E-state index is 0.448. The van der Waals surface area contributed by atoms with E-state index in [9.17, 15) is 9.18 Å². The van der Waals surface area contributed by atoms with E-state index in [1.54, 1.807) is 13.6 Å². The lowest BCUT2D eigenvalue weighted by Gasteiger charge is -2.19. The first-order valence-electron chi connectivity index (χ1n) is 4.06. The minimum atomic E-state index is -2.21. The summed E-state index contributed by atoms with van der Waals surface area (Å²) in [5.74, 6) is -0.578. The first-order chi connectivity index (χ1) is 6.30. The van der Waals surface area contributed by atoms with E-state index in [2.05, 4.69) is 0 Å². The fourth-order valence-electron chi connectivity index (χ4n) is 0.681. The molecule has 1 amide bonds. The smallest absolute Gasteiger partial charge is 0.267 e. The Bertz CT molecular complexity index is 250. The van der Waals surface area contributed by atoms with Gasteiger partial charge in [-0.3, -0.25) is 4.79 Å². The number of halogens is 1. The number of hydrogen-bond donors (Lipinski definition) is 0. The maximum Gasteiger partial charge on any atom is 0.267 e. The Kier molecular flexibility index (Phi) is 6.21. The van der Waals surface area contributed by atoms with Crippen LogP contribution in [0.1, 0.15) is 6.92 Å². The van der Waals surface area contributed by atoms with Gasteiger partial charge in [-0.2, -0.15) is 0 Å². The summed E-state index contributed by atoms with van der Waals surface area (Å²) in [4.78, 5) is 12.4. The van der Waals surface area contributed by atoms with Gasteiger partial charge in [0.15, 0.2) is 0 Å². The minimum Gasteiger partial charge on any atom is -0.346 e. The van der Waals surface area contributed by atoms with Crippen molar-refractivity contribution >= 4 is 34.6 Å². The molecule has 0 radical (unpaired) electrons. The zero-order valence-electron chi connectivity index (χ0n) is 8.69. The standard InChI is InChI=1S/C7H15FNO2PS2/c1-5-11-12(4,13)14-6(8)7(10)9(2)3/h6H,5H2,1-4H3. The highest BCUT2D eigenvalue weighted by Gasteiger charge is 2.26. The van der Waals surface area contributed by atoms with Gasteiger partial charge < -0.3 is 9.42 Å². The summed E-state index contributed by atoms with van der Waals surface area (Å²) in [7, 11) is 3.02. The Morgan fingerprint density at radius 3 is 2.57 bits per heavy atom. The van der Waals surface area contributed by atoms with Crippen LogP contribution in [0.4, 0.5) is 4.39 Å². The largest absolute Gasteiger partial charge is 0.346 e. The van der Waals surface area contributed by atoms with Crippen LogP contribution in [0.2, 0.25) is 0 Å². The maximum absolute atomic E-state index is 13.3. The van der Waals surface area contributed by atoms with E-state index in [1.165, 1.54) is 19.0 Å². The fraction of sp³-hybridized carbons (Fsp3) is 0.857. The van der Waals surface area contributed by atoms with Crippen LogP contribution in [-0.4, -0.2) is 43.7 Å². The number of rotatable bonds is 5. The second-order valence-corrected chi connectivity index (χ2v) is 10.8. The van der Waals surface area contributed by atoms with E-state index in [1.807, 2.05) is 0 Å². The molecule has 0 aromatic heterocycles. The van der Waals surface area contributed by atoms with Gasteiger partial charge in [-0.15, -0.1) is 0 Å². The van der Waals surface area contributed by atoms with Gasteiger partial charge in [-0.25, -0.2) is 4.39 Å². The first kappa shape index (κ1) is 14.4. The molecule has 0 aliphatic carbocycles. The van der Waals surface area contributed by atoms with Crippen molar-refractivity contribution in [1.82, 2.24) is 4.90 Å². The van der Waals surface area contributed by atoms with Gasteiger partial charge in [0.05, 0.1) is 0 Å². The van der Waals surface area contributed by atoms with Crippen molar-refractivity contribution < 1.29 is 13.7 Å². The molecule has 0 N–H and O–H groups in total. The Morgan fingerprint density at radius 2 is 2.21 bits per heavy atom. The first-order valence-corrected chi connectivity index (χ1v) is 8.71. The molecule has 14 heavy (non-hydrogen) atoms. The van der Waals surface area contributed by atoms with Crippen LogP contribution in [0.15, 0.2) is 0 Å². The third-order valence-corrected chi connectivity index (χ3v) is 5.89. The molecule has 0 aromatic carbocycles. The van der Waals surface area contributed by atoms with Gasteiger partial charge in [0.2, 0.25) is 5.50 Å². The number of alkyl halides is 1. The lowest BCUT2D eigenvalue weighted by molar-refractivity contribution is -0.130. The third kappa shape index (κ3) is 5.29. The van der Waals surface area contributed by atoms with Crippen LogP contribution in [0, 0.1) is 0 Å². The molecule has 0 aliphatic heterocycles. The number of hydrogen-bond acceptors (Lipinski definition) is 4. The van der Waals surface area contributed by atoms with Crippen molar-refractivity contribution in [3.8, 4) is 0 Å². The van der Waals surface area contributed by atoms with E-state index in [-0.39, 0.29) is 0 Å². The molecule has 3 nitrogen and oxygen atoms in total. The van der Waals surface area contributed by atoms with Gasteiger partial charge in [-0.1, -0.05) is 23.2 Å². The van der Waals surface area contributed by atoms with Crippen LogP contribution in [-0.2, 0) is 21.1 Å². The van der Waals surface area contributed by atoms with E-state index in [0.29, 0.717) is 6.61 Å². The fourth-order valence-corrected chi connectivity index (χ4v) is 4.62. The van der Waals surface area contributed by atoms with Crippen molar-refractivity contribution in [1.29, 1.82) is 0 Å². The van der Waals surface area contributed by atoms with Crippen LogP contribution >= 0.6 is 16.8 Å². The predicted molar refractivity (Wildman–Crippen MR) is 63.0 cm³/mol. The zero-order valence-corrected chi connectivity index (χ0v) is 11.2. The number of nitrogens with zero attached hydrogens (tertiary/aromatic N) is 1. The van der Waals surface area contributed by atoms with Crippen LogP contribution < -0.4 is 0 Å². The normalized spacial score (nSPS) is 17.2. The highest BCUT2D eigenvalue weighted by molar-refractivity contribution is 8.69. The van der Waals surface area contributed by atoms with Crippen LogP contribution in [0.25, 0.3) is 0 Å². The predicted octanol–water partition coefficient (Wildman–Crippen LogP) is 2.08. The highest BCUT2D eigenvalue weighted by atomic mass is 32.9. The van der Waals surface area contributed by atoms with Crippen molar-refractivity contribution in [2.45, 2.75) is 12.4 Å². The Hall–Kier alpha value is 0.360. The van der Waals surface area contributed by atoms with E-state index in [4.69, 9.17) is 16.3 Å². The molecular weight excluding hydrogens is 244 g/mol. The van der Waals surface area contributed by atoms with Crippen molar-refractivity contribution in [2.24, 2.45) is 0 Å². The summed E-state index contributed by atoms with van der Waals surface area (Å²) in [6.45, 7) is 3.92. The van der Waals surface area contributed by atoms with E-state index < -0.39 is 16.9 Å². The average molecular weight is 259 g/mol. The molecule has 0 spiro atoms. The zero-order chi connectivity index (χ0) is 11.4. The number of carbonyl (C=O) groups is 1. The molecule has 0 rings (SSSR count). The van der Waals surface area contributed by atoms with Gasteiger partial charge in [0.1, 0.15) is 5.47 Å².